The largest absolute Gasteiger partial charge is 0.496 e. The first kappa shape index (κ1) is 20.2. The molecule has 0 aliphatic carbocycles. The van der Waals surface area contributed by atoms with Gasteiger partial charge in [0.15, 0.2) is 0 Å². The summed E-state index contributed by atoms with van der Waals surface area (Å²) in [7, 11) is 0.872. The van der Waals surface area contributed by atoms with Crippen LogP contribution >= 0.6 is 0 Å². The van der Waals surface area contributed by atoms with Crippen molar-refractivity contribution >= 4 is 25.2 Å². The highest BCUT2D eigenvalue weighted by molar-refractivity contribution is 6.55. The monoisotopic (exact) mass is 360 g/mol. The third-order valence-electron chi connectivity index (χ3n) is 4.75. The summed E-state index contributed by atoms with van der Waals surface area (Å²) in [5.41, 5.74) is 0.981. The Balaban J connectivity index is 2.35. The number of benzene rings is 1. The zero-order valence-electron chi connectivity index (χ0n) is 15.8. The van der Waals surface area contributed by atoms with Gasteiger partial charge in [-0.3, -0.25) is 0 Å². The molecule has 0 radical (unpaired) electrons. The molecule has 140 valence electrons. The Bertz CT molecular complexity index is 720. The van der Waals surface area contributed by atoms with Gasteiger partial charge < -0.3 is 24.3 Å². The maximum atomic E-state index is 10.8. The second-order valence-corrected chi connectivity index (χ2v) is 7.14. The number of aliphatic hydroxyl groups excluding tert-OH is 1. The van der Waals surface area contributed by atoms with Crippen LogP contribution in [0.2, 0.25) is 0 Å². The molecule has 0 aromatic heterocycles. The van der Waals surface area contributed by atoms with Crippen molar-refractivity contribution in [2.45, 2.75) is 38.9 Å². The number of aliphatic carboxylic acids is 1. The predicted octanol–water partition coefficient (Wildman–Crippen LogP) is 2.80. The third kappa shape index (κ3) is 4.36. The van der Waals surface area contributed by atoms with E-state index in [0.717, 1.165) is 11.6 Å². The van der Waals surface area contributed by atoms with Gasteiger partial charge in [-0.25, -0.2) is 4.79 Å². The standard InChI is InChI=1S/C19H25BO6/c1-18(2)19(3,4)26-20(25-18)15(12-21)11-13-6-8-16(24-5)14(10-13)7-9-17(22)23/h6-11,21H,12H2,1-5H3,(H,22,23)/b9-7+,15-11?. The molecule has 0 unspecified atom stereocenters. The smallest absolute Gasteiger partial charge is 0.492 e. The van der Waals surface area contributed by atoms with Crippen LogP contribution in [-0.4, -0.2) is 48.2 Å². The lowest BCUT2D eigenvalue weighted by molar-refractivity contribution is -0.131. The minimum absolute atomic E-state index is 0.219. The molecule has 1 aromatic rings. The summed E-state index contributed by atoms with van der Waals surface area (Å²) < 4.78 is 17.2. The van der Waals surface area contributed by atoms with Crippen LogP contribution in [-0.2, 0) is 14.1 Å². The molecular weight excluding hydrogens is 335 g/mol. The van der Waals surface area contributed by atoms with E-state index in [0.29, 0.717) is 16.8 Å². The van der Waals surface area contributed by atoms with Gasteiger partial charge in [0, 0.05) is 11.6 Å². The molecule has 0 bridgehead atoms. The highest BCUT2D eigenvalue weighted by Crippen LogP contribution is 2.38. The van der Waals surface area contributed by atoms with Crippen molar-refractivity contribution in [1.82, 2.24) is 0 Å². The van der Waals surface area contributed by atoms with Crippen LogP contribution in [0.5, 0.6) is 5.75 Å². The van der Waals surface area contributed by atoms with Crippen molar-refractivity contribution in [2.75, 3.05) is 13.7 Å². The second kappa shape index (κ2) is 7.66. The summed E-state index contributed by atoms with van der Waals surface area (Å²) in [5, 5.41) is 18.6. The molecule has 0 amide bonds. The molecule has 2 rings (SSSR count). The summed E-state index contributed by atoms with van der Waals surface area (Å²) in [6, 6.07) is 5.34. The number of hydrogen-bond donors (Lipinski definition) is 2. The van der Waals surface area contributed by atoms with Crippen molar-refractivity contribution in [3.8, 4) is 5.75 Å². The van der Waals surface area contributed by atoms with Crippen LogP contribution in [0.25, 0.3) is 12.2 Å². The maximum Gasteiger partial charge on any atom is 0.492 e. The van der Waals surface area contributed by atoms with Crippen molar-refractivity contribution in [3.05, 3.63) is 40.9 Å². The highest BCUT2D eigenvalue weighted by Gasteiger charge is 2.52. The Hall–Kier alpha value is -2.09. The first-order chi connectivity index (χ1) is 12.1. The Labute approximate surface area is 154 Å². The lowest BCUT2D eigenvalue weighted by Crippen LogP contribution is -2.41. The highest BCUT2D eigenvalue weighted by atomic mass is 16.7. The zero-order chi connectivity index (χ0) is 19.5. The molecule has 0 saturated carbocycles. The molecule has 26 heavy (non-hydrogen) atoms. The van der Waals surface area contributed by atoms with Crippen LogP contribution in [0, 0.1) is 0 Å². The average molecular weight is 360 g/mol. The minimum Gasteiger partial charge on any atom is -0.496 e. The molecule has 1 aliphatic rings. The summed E-state index contributed by atoms with van der Waals surface area (Å²) in [5.74, 6) is -0.484. The molecular formula is C19H25BO6. The lowest BCUT2D eigenvalue weighted by atomic mass is 9.77. The number of ether oxygens (including phenoxy) is 1. The predicted molar refractivity (Wildman–Crippen MR) is 101 cm³/mol. The molecule has 1 aliphatic heterocycles. The zero-order valence-corrected chi connectivity index (χ0v) is 15.8. The van der Waals surface area contributed by atoms with E-state index in [-0.39, 0.29) is 6.61 Å². The Kier molecular flexibility index (Phi) is 5.96. The van der Waals surface area contributed by atoms with Gasteiger partial charge in [-0.05, 0) is 56.9 Å². The Morgan fingerprint density at radius 1 is 1.23 bits per heavy atom. The topological polar surface area (TPSA) is 85.2 Å². The Morgan fingerprint density at radius 2 is 1.85 bits per heavy atom. The average Bonchev–Trinajstić information content (AvgIpc) is 2.78. The summed E-state index contributed by atoms with van der Waals surface area (Å²) in [4.78, 5) is 10.8. The first-order valence-corrected chi connectivity index (χ1v) is 8.35. The SMILES string of the molecule is COc1ccc(C=C(CO)B2OC(C)(C)C(C)(C)O2)cc1/C=C/C(=O)O. The quantitative estimate of drug-likeness (QED) is 0.599. The van der Waals surface area contributed by atoms with Gasteiger partial charge in [-0.15, -0.1) is 0 Å². The molecule has 0 spiro atoms. The fourth-order valence-electron chi connectivity index (χ4n) is 2.53. The molecule has 7 heteroatoms. The number of aliphatic hydroxyl groups is 1. The van der Waals surface area contributed by atoms with Crippen LogP contribution in [0.3, 0.4) is 0 Å². The van der Waals surface area contributed by atoms with E-state index >= 15 is 0 Å². The molecule has 1 saturated heterocycles. The number of methoxy groups -OCH3 is 1. The summed E-state index contributed by atoms with van der Waals surface area (Å²) >= 11 is 0. The van der Waals surface area contributed by atoms with Gasteiger partial charge in [-0.1, -0.05) is 12.1 Å². The van der Waals surface area contributed by atoms with Crippen LogP contribution in [0.15, 0.2) is 29.7 Å². The van der Waals surface area contributed by atoms with Gasteiger partial charge in [-0.2, -0.15) is 0 Å². The number of carboxylic acid groups (broad SMARTS) is 1. The maximum absolute atomic E-state index is 10.8. The normalized spacial score (nSPS) is 19.2. The molecule has 6 nitrogen and oxygen atoms in total. The molecule has 1 heterocycles. The van der Waals surface area contributed by atoms with Crippen LogP contribution in [0.4, 0.5) is 0 Å². The number of rotatable bonds is 6. The van der Waals surface area contributed by atoms with E-state index in [1.54, 1.807) is 18.2 Å². The minimum atomic E-state index is -1.04. The van der Waals surface area contributed by atoms with E-state index < -0.39 is 24.3 Å². The van der Waals surface area contributed by atoms with Gasteiger partial charge in [0.25, 0.3) is 0 Å². The van der Waals surface area contributed by atoms with Gasteiger partial charge in [0.2, 0.25) is 0 Å². The number of carbonyl (C=O) groups is 1. The van der Waals surface area contributed by atoms with Crippen molar-refractivity contribution in [1.29, 1.82) is 0 Å². The lowest BCUT2D eigenvalue weighted by Gasteiger charge is -2.32. The van der Waals surface area contributed by atoms with E-state index in [1.165, 1.54) is 13.2 Å². The molecule has 1 aromatic carbocycles. The van der Waals surface area contributed by atoms with Crippen molar-refractivity contribution in [3.63, 3.8) is 0 Å². The second-order valence-electron chi connectivity index (χ2n) is 7.14. The van der Waals surface area contributed by atoms with E-state index in [9.17, 15) is 9.90 Å². The molecule has 0 atom stereocenters. The fourth-order valence-corrected chi connectivity index (χ4v) is 2.53. The van der Waals surface area contributed by atoms with Gasteiger partial charge in [0.1, 0.15) is 5.75 Å². The first-order valence-electron chi connectivity index (χ1n) is 8.35. The molecule has 2 N–H and O–H groups in total. The van der Waals surface area contributed by atoms with Crippen molar-refractivity contribution in [2.24, 2.45) is 0 Å². The van der Waals surface area contributed by atoms with E-state index in [2.05, 4.69) is 0 Å². The fraction of sp³-hybridized carbons (Fsp3) is 0.421. The van der Waals surface area contributed by atoms with E-state index in [4.69, 9.17) is 19.2 Å². The van der Waals surface area contributed by atoms with Crippen LogP contribution in [0.1, 0.15) is 38.8 Å². The van der Waals surface area contributed by atoms with E-state index in [1.807, 2.05) is 33.8 Å². The molecule has 1 fully saturated rings. The number of carboxylic acids is 1. The third-order valence-corrected chi connectivity index (χ3v) is 4.75. The van der Waals surface area contributed by atoms with Crippen LogP contribution < -0.4 is 4.74 Å². The van der Waals surface area contributed by atoms with Crippen molar-refractivity contribution < 1.29 is 29.1 Å². The number of hydrogen-bond acceptors (Lipinski definition) is 5. The summed E-state index contributed by atoms with van der Waals surface area (Å²) in [6.07, 6.45) is 4.29. The van der Waals surface area contributed by atoms with Gasteiger partial charge >= 0.3 is 13.1 Å². The summed E-state index contributed by atoms with van der Waals surface area (Å²) in [6.45, 7) is 7.58. The Morgan fingerprint density at radius 3 is 2.35 bits per heavy atom. The van der Waals surface area contributed by atoms with Gasteiger partial charge in [0.05, 0.1) is 24.9 Å².